The minimum atomic E-state index is -0.0939. The highest BCUT2D eigenvalue weighted by Gasteiger charge is 2.16. The first-order valence-electron chi connectivity index (χ1n) is 6.85. The van der Waals surface area contributed by atoms with Gasteiger partial charge in [-0.1, -0.05) is 18.2 Å². The molecule has 0 unspecified atom stereocenters. The molecule has 112 valence electrons. The summed E-state index contributed by atoms with van der Waals surface area (Å²) in [6, 6.07) is 11.4. The second-order valence-electron chi connectivity index (χ2n) is 4.76. The van der Waals surface area contributed by atoms with Gasteiger partial charge >= 0.3 is 0 Å². The Hall–Kier alpha value is -2.94. The molecule has 0 aliphatic heterocycles. The number of hydrogen-bond acceptors (Lipinski definition) is 5. The van der Waals surface area contributed by atoms with Crippen molar-refractivity contribution in [3.63, 3.8) is 0 Å². The third kappa shape index (κ3) is 3.20. The van der Waals surface area contributed by atoms with Crippen LogP contribution in [-0.2, 0) is 11.3 Å². The quantitative estimate of drug-likeness (QED) is 0.935. The fourth-order valence-electron chi connectivity index (χ4n) is 2.10. The summed E-state index contributed by atoms with van der Waals surface area (Å²) in [6.07, 6.45) is 0. The van der Waals surface area contributed by atoms with Gasteiger partial charge in [-0.15, -0.1) is 0 Å². The molecule has 0 aliphatic carbocycles. The average Bonchev–Trinajstić information content (AvgIpc) is 2.53. The monoisotopic (exact) mass is 295 g/mol. The van der Waals surface area contributed by atoms with Crippen LogP contribution in [0.4, 0.5) is 11.5 Å². The molecule has 0 aliphatic rings. The molecule has 0 saturated heterocycles. The van der Waals surface area contributed by atoms with E-state index in [4.69, 9.17) is 5.26 Å². The van der Waals surface area contributed by atoms with Crippen LogP contribution in [0.2, 0.25) is 0 Å². The lowest BCUT2D eigenvalue weighted by Crippen LogP contribution is -2.29. The van der Waals surface area contributed by atoms with Crippen LogP contribution in [0.3, 0.4) is 0 Å². The maximum atomic E-state index is 11.9. The van der Waals surface area contributed by atoms with Gasteiger partial charge in [0.05, 0.1) is 17.9 Å². The fourth-order valence-corrected chi connectivity index (χ4v) is 2.10. The third-order valence-corrected chi connectivity index (χ3v) is 3.27. The van der Waals surface area contributed by atoms with Crippen LogP contribution in [0.1, 0.15) is 24.0 Å². The van der Waals surface area contributed by atoms with Crippen LogP contribution in [0.25, 0.3) is 0 Å². The molecule has 6 nitrogen and oxygen atoms in total. The highest BCUT2D eigenvalue weighted by molar-refractivity contribution is 5.91. The summed E-state index contributed by atoms with van der Waals surface area (Å²) in [5, 5.41) is 12.0. The lowest BCUT2D eigenvalue weighted by atomic mass is 10.2. The summed E-state index contributed by atoms with van der Waals surface area (Å²) in [4.78, 5) is 22.2. The van der Waals surface area contributed by atoms with Crippen molar-refractivity contribution in [2.45, 2.75) is 20.4 Å². The molecule has 0 spiro atoms. The first-order valence-corrected chi connectivity index (χ1v) is 6.85. The summed E-state index contributed by atoms with van der Waals surface area (Å²) in [7, 11) is 1.69. The molecule has 0 bridgehead atoms. The molecular weight excluding hydrogens is 278 g/mol. The molecule has 22 heavy (non-hydrogen) atoms. The predicted molar refractivity (Wildman–Crippen MR) is 84.3 cm³/mol. The van der Waals surface area contributed by atoms with Crippen molar-refractivity contribution in [1.82, 2.24) is 9.97 Å². The van der Waals surface area contributed by atoms with Crippen LogP contribution >= 0.6 is 0 Å². The van der Waals surface area contributed by atoms with Crippen molar-refractivity contribution in [1.29, 1.82) is 5.26 Å². The number of hydrogen-bond donors (Lipinski definition) is 1. The Bertz CT molecular complexity index is 721. The number of aromatic nitrogens is 2. The van der Waals surface area contributed by atoms with Crippen molar-refractivity contribution in [3.05, 3.63) is 47.4 Å². The van der Waals surface area contributed by atoms with E-state index in [0.717, 1.165) is 5.69 Å². The molecule has 1 heterocycles. The normalized spacial score (nSPS) is 9.91. The van der Waals surface area contributed by atoms with Crippen LogP contribution < -0.4 is 10.2 Å². The number of benzene rings is 1. The number of nitrogens with zero attached hydrogens (tertiary/aromatic N) is 4. The number of amides is 1. The highest BCUT2D eigenvalue weighted by atomic mass is 16.2. The average molecular weight is 295 g/mol. The zero-order valence-corrected chi connectivity index (χ0v) is 12.8. The van der Waals surface area contributed by atoms with Gasteiger partial charge in [-0.05, 0) is 19.1 Å². The van der Waals surface area contributed by atoms with E-state index in [-0.39, 0.29) is 18.1 Å². The summed E-state index contributed by atoms with van der Waals surface area (Å²) >= 11 is 0. The second kappa shape index (κ2) is 6.68. The number of carbonyl (C=O) groups is 1. The Kier molecular flexibility index (Phi) is 4.69. The van der Waals surface area contributed by atoms with Crippen LogP contribution in [0.15, 0.2) is 30.3 Å². The van der Waals surface area contributed by atoms with E-state index in [0.29, 0.717) is 17.2 Å². The first-order chi connectivity index (χ1) is 10.6. The number of nitrogens with one attached hydrogen (secondary N) is 1. The van der Waals surface area contributed by atoms with Gasteiger partial charge in [0.15, 0.2) is 11.5 Å². The lowest BCUT2D eigenvalue weighted by molar-refractivity contribution is -0.116. The number of carbonyl (C=O) groups excluding carboxylic acids is 1. The van der Waals surface area contributed by atoms with Crippen LogP contribution in [0, 0.1) is 18.3 Å². The summed E-state index contributed by atoms with van der Waals surface area (Å²) < 4.78 is 0. The maximum Gasteiger partial charge on any atom is 0.224 e. The molecule has 1 aromatic carbocycles. The van der Waals surface area contributed by atoms with Gasteiger partial charge in [-0.25, -0.2) is 9.97 Å². The van der Waals surface area contributed by atoms with Crippen LogP contribution in [0.5, 0.6) is 0 Å². The third-order valence-electron chi connectivity index (χ3n) is 3.27. The molecule has 0 fully saturated rings. The van der Waals surface area contributed by atoms with Crippen molar-refractivity contribution in [3.8, 4) is 6.07 Å². The van der Waals surface area contributed by atoms with E-state index in [2.05, 4.69) is 15.3 Å². The van der Waals surface area contributed by atoms with E-state index < -0.39 is 0 Å². The van der Waals surface area contributed by atoms with Gasteiger partial charge in [0.1, 0.15) is 6.07 Å². The maximum absolute atomic E-state index is 11.9. The van der Waals surface area contributed by atoms with Crippen molar-refractivity contribution in [2.24, 2.45) is 0 Å². The van der Waals surface area contributed by atoms with E-state index in [1.54, 1.807) is 11.9 Å². The zero-order valence-electron chi connectivity index (χ0n) is 12.8. The molecule has 2 aromatic rings. The second-order valence-corrected chi connectivity index (χ2v) is 4.76. The summed E-state index contributed by atoms with van der Waals surface area (Å²) in [5.74, 6) is 0.349. The Labute approximate surface area is 129 Å². The number of rotatable bonds is 4. The topological polar surface area (TPSA) is 81.9 Å². The summed E-state index contributed by atoms with van der Waals surface area (Å²) in [5.41, 5.74) is 2.30. The van der Waals surface area contributed by atoms with E-state index in [9.17, 15) is 4.79 Å². The Morgan fingerprint density at radius 2 is 2.00 bits per heavy atom. The summed E-state index contributed by atoms with van der Waals surface area (Å²) in [6.45, 7) is 3.59. The fraction of sp³-hybridized carbons (Fsp3) is 0.250. The van der Waals surface area contributed by atoms with E-state index in [1.807, 2.05) is 43.3 Å². The van der Waals surface area contributed by atoms with Crippen molar-refractivity contribution < 1.29 is 4.79 Å². The Morgan fingerprint density at radius 3 is 2.55 bits per heavy atom. The lowest BCUT2D eigenvalue weighted by Gasteiger charge is -2.21. The Morgan fingerprint density at radius 1 is 1.32 bits per heavy atom. The molecule has 6 heteroatoms. The SMILES string of the molecule is CNc1nc(C)c(CN(C(C)=O)c2ccccc2)nc1C#N. The predicted octanol–water partition coefficient (Wildman–Crippen LogP) is 2.25. The molecule has 1 N–H and O–H groups in total. The molecular formula is C16H17N5O. The standard InChI is InChI=1S/C16H17N5O/c1-11-15(20-14(9-17)16(18-3)19-11)10-21(12(2)22)13-7-5-4-6-8-13/h4-8H,10H2,1-3H3,(H,18,19). The highest BCUT2D eigenvalue weighted by Crippen LogP contribution is 2.19. The number of aryl methyl sites for hydroxylation is 1. The number of anilines is 2. The van der Waals surface area contributed by atoms with Crippen molar-refractivity contribution >= 4 is 17.4 Å². The molecule has 0 radical (unpaired) electrons. The van der Waals surface area contributed by atoms with Gasteiger partial charge in [-0.3, -0.25) is 4.79 Å². The molecule has 2 rings (SSSR count). The first kappa shape index (κ1) is 15.4. The molecule has 1 amide bonds. The zero-order chi connectivity index (χ0) is 16.1. The van der Waals surface area contributed by atoms with Gasteiger partial charge in [0.25, 0.3) is 0 Å². The van der Waals surface area contributed by atoms with Gasteiger partial charge in [0, 0.05) is 19.7 Å². The van der Waals surface area contributed by atoms with Crippen molar-refractivity contribution in [2.75, 3.05) is 17.3 Å². The number of nitriles is 1. The van der Waals surface area contributed by atoms with E-state index >= 15 is 0 Å². The van der Waals surface area contributed by atoms with Gasteiger partial charge < -0.3 is 10.2 Å². The minimum absolute atomic E-state index is 0.0939. The largest absolute Gasteiger partial charge is 0.371 e. The van der Waals surface area contributed by atoms with Crippen LogP contribution in [-0.4, -0.2) is 22.9 Å². The number of para-hydroxylation sites is 1. The molecule has 0 atom stereocenters. The molecule has 1 aromatic heterocycles. The van der Waals surface area contributed by atoms with Gasteiger partial charge in [-0.2, -0.15) is 5.26 Å². The smallest absolute Gasteiger partial charge is 0.224 e. The Balaban J connectivity index is 2.40. The molecule has 0 saturated carbocycles. The van der Waals surface area contributed by atoms with Gasteiger partial charge in [0.2, 0.25) is 5.91 Å². The van der Waals surface area contributed by atoms with E-state index in [1.165, 1.54) is 6.92 Å². The minimum Gasteiger partial charge on any atom is -0.371 e.